The van der Waals surface area contributed by atoms with Gasteiger partial charge in [0.05, 0.1) is 10.8 Å². The number of carboxylic acids is 2. The SMILES string of the molecule is CN1CC2C3CN(C)[C@@H]4C[C@@]3(C(=O)O)[C@@H]1C[C@@]24C(=O)O. The zero-order valence-electron chi connectivity index (χ0n) is 11.7. The van der Waals surface area contributed by atoms with Crippen LogP contribution in [0.3, 0.4) is 0 Å². The van der Waals surface area contributed by atoms with Crippen molar-refractivity contribution in [3.63, 3.8) is 0 Å². The summed E-state index contributed by atoms with van der Waals surface area (Å²) in [6.07, 6.45) is 0.975. The largest absolute Gasteiger partial charge is 0.481 e. The van der Waals surface area contributed by atoms with Crippen LogP contribution < -0.4 is 0 Å². The number of fused-ring (bicyclic) bond motifs is 2. The number of carboxylic acid groups (broad SMARTS) is 2. The van der Waals surface area contributed by atoms with Crippen LogP contribution in [0.4, 0.5) is 0 Å². The zero-order valence-corrected chi connectivity index (χ0v) is 11.7. The van der Waals surface area contributed by atoms with Gasteiger partial charge in [0.15, 0.2) is 0 Å². The molecule has 110 valence electrons. The lowest BCUT2D eigenvalue weighted by Crippen LogP contribution is -2.85. The van der Waals surface area contributed by atoms with E-state index in [2.05, 4.69) is 9.80 Å². The summed E-state index contributed by atoms with van der Waals surface area (Å²) in [5.41, 5.74) is -1.46. The highest BCUT2D eigenvalue weighted by Gasteiger charge is 2.79. The second-order valence-electron chi connectivity index (χ2n) is 7.22. The molecular formula is C14H20N2O4. The monoisotopic (exact) mass is 280 g/mol. The minimum atomic E-state index is -0.730. The topological polar surface area (TPSA) is 81.1 Å². The Balaban J connectivity index is 1.93. The average Bonchev–Trinajstić information content (AvgIpc) is 2.39. The van der Waals surface area contributed by atoms with Crippen LogP contribution >= 0.6 is 0 Å². The van der Waals surface area contributed by atoms with E-state index in [0.29, 0.717) is 12.8 Å². The minimum Gasteiger partial charge on any atom is -0.481 e. The van der Waals surface area contributed by atoms with E-state index in [1.165, 1.54) is 0 Å². The minimum absolute atomic E-state index is 0.0268. The summed E-state index contributed by atoms with van der Waals surface area (Å²) >= 11 is 0. The van der Waals surface area contributed by atoms with Gasteiger partial charge in [-0.1, -0.05) is 0 Å². The fourth-order valence-electron chi connectivity index (χ4n) is 6.12. The van der Waals surface area contributed by atoms with Gasteiger partial charge in [-0.05, 0) is 38.8 Å². The highest BCUT2D eigenvalue weighted by Crippen LogP contribution is 2.70. The van der Waals surface area contributed by atoms with Crippen LogP contribution in [-0.4, -0.2) is 71.2 Å². The van der Waals surface area contributed by atoms with Crippen molar-refractivity contribution in [1.29, 1.82) is 0 Å². The van der Waals surface area contributed by atoms with Crippen molar-refractivity contribution in [2.24, 2.45) is 22.7 Å². The van der Waals surface area contributed by atoms with Gasteiger partial charge in [-0.15, -0.1) is 0 Å². The van der Waals surface area contributed by atoms with Crippen molar-refractivity contribution in [2.45, 2.75) is 24.9 Å². The fraction of sp³-hybridized carbons (Fsp3) is 0.857. The first-order valence-electron chi connectivity index (χ1n) is 7.23. The molecule has 6 heteroatoms. The van der Waals surface area contributed by atoms with Crippen molar-refractivity contribution in [2.75, 3.05) is 27.2 Å². The molecular weight excluding hydrogens is 260 g/mol. The Morgan fingerprint density at radius 3 is 1.55 bits per heavy atom. The zero-order chi connectivity index (χ0) is 14.4. The van der Waals surface area contributed by atoms with Gasteiger partial charge in [0.2, 0.25) is 0 Å². The van der Waals surface area contributed by atoms with E-state index in [0.717, 1.165) is 13.1 Å². The molecule has 6 bridgehead atoms. The molecule has 4 heterocycles. The van der Waals surface area contributed by atoms with Crippen molar-refractivity contribution in [3.05, 3.63) is 0 Å². The third kappa shape index (κ3) is 1.01. The maximum Gasteiger partial charge on any atom is 0.311 e. The Morgan fingerprint density at radius 2 is 1.25 bits per heavy atom. The fourth-order valence-corrected chi connectivity index (χ4v) is 6.12. The molecule has 4 aliphatic heterocycles. The Labute approximate surface area is 117 Å². The first kappa shape index (κ1) is 12.6. The maximum absolute atomic E-state index is 12.0. The second kappa shape index (κ2) is 3.36. The summed E-state index contributed by atoms with van der Waals surface area (Å²) in [4.78, 5) is 28.3. The first-order chi connectivity index (χ1) is 9.35. The third-order valence-corrected chi connectivity index (χ3v) is 6.89. The molecule has 0 radical (unpaired) electrons. The van der Waals surface area contributed by atoms with Crippen LogP contribution in [0.15, 0.2) is 0 Å². The third-order valence-electron chi connectivity index (χ3n) is 6.89. The molecule has 4 saturated heterocycles. The van der Waals surface area contributed by atoms with Gasteiger partial charge in [0.1, 0.15) is 0 Å². The molecule has 3 aliphatic carbocycles. The Hall–Kier alpha value is -1.14. The summed E-state index contributed by atoms with van der Waals surface area (Å²) in [5, 5.41) is 19.8. The average molecular weight is 280 g/mol. The highest BCUT2D eigenvalue weighted by atomic mass is 16.4. The van der Waals surface area contributed by atoms with E-state index < -0.39 is 22.8 Å². The van der Waals surface area contributed by atoms with Crippen LogP contribution in [0, 0.1) is 22.7 Å². The summed E-state index contributed by atoms with van der Waals surface area (Å²) in [6, 6.07) is -0.257. The van der Waals surface area contributed by atoms with Crippen LogP contribution in [0.5, 0.6) is 0 Å². The molecule has 3 saturated carbocycles. The maximum atomic E-state index is 12.0. The van der Waals surface area contributed by atoms with Gasteiger partial charge in [-0.2, -0.15) is 0 Å². The predicted octanol–water partition coefficient (Wildman–Crippen LogP) is -0.204. The summed E-state index contributed by atoms with van der Waals surface area (Å²) in [5.74, 6) is -1.50. The lowest BCUT2D eigenvalue weighted by molar-refractivity contribution is -0.281. The Morgan fingerprint density at radius 1 is 0.900 bits per heavy atom. The van der Waals surface area contributed by atoms with E-state index in [9.17, 15) is 19.8 Å². The van der Waals surface area contributed by atoms with Gasteiger partial charge in [-0.25, -0.2) is 0 Å². The van der Waals surface area contributed by atoms with Crippen molar-refractivity contribution >= 4 is 11.9 Å². The van der Waals surface area contributed by atoms with E-state index in [-0.39, 0.29) is 23.9 Å². The second-order valence-corrected chi connectivity index (χ2v) is 7.22. The number of nitrogens with zero attached hydrogens (tertiary/aromatic N) is 2. The number of hydrogen-bond acceptors (Lipinski definition) is 4. The molecule has 2 unspecified atom stereocenters. The quantitative estimate of drug-likeness (QED) is 0.729. The van der Waals surface area contributed by atoms with Crippen LogP contribution in [0.25, 0.3) is 0 Å². The number of rotatable bonds is 2. The number of piperidine rings is 4. The molecule has 0 aromatic heterocycles. The predicted molar refractivity (Wildman–Crippen MR) is 69.2 cm³/mol. The van der Waals surface area contributed by atoms with Crippen molar-refractivity contribution in [1.82, 2.24) is 9.80 Å². The van der Waals surface area contributed by atoms with E-state index in [1.54, 1.807) is 0 Å². The Bertz CT molecular complexity index is 477. The molecule has 7 rings (SSSR count). The number of hydrogen-bond donors (Lipinski definition) is 2. The summed E-state index contributed by atoms with van der Waals surface area (Å²) in [7, 11) is 3.89. The lowest BCUT2D eigenvalue weighted by Gasteiger charge is -2.75. The number of carbonyl (C=O) groups is 2. The van der Waals surface area contributed by atoms with Gasteiger partial charge in [0, 0.05) is 25.2 Å². The molecule has 0 aromatic rings. The van der Waals surface area contributed by atoms with Gasteiger partial charge < -0.3 is 20.0 Å². The lowest BCUT2D eigenvalue weighted by atomic mass is 9.36. The van der Waals surface area contributed by atoms with Gasteiger partial charge in [-0.3, -0.25) is 9.59 Å². The van der Waals surface area contributed by atoms with E-state index >= 15 is 0 Å². The molecule has 6 nitrogen and oxygen atoms in total. The highest BCUT2D eigenvalue weighted by molar-refractivity contribution is 5.84. The smallest absolute Gasteiger partial charge is 0.311 e. The molecule has 6 atom stereocenters. The van der Waals surface area contributed by atoms with Gasteiger partial charge in [0.25, 0.3) is 0 Å². The molecule has 2 N–H and O–H groups in total. The molecule has 7 fully saturated rings. The van der Waals surface area contributed by atoms with Gasteiger partial charge >= 0.3 is 11.9 Å². The van der Waals surface area contributed by atoms with Crippen molar-refractivity contribution in [3.8, 4) is 0 Å². The first-order valence-corrected chi connectivity index (χ1v) is 7.23. The molecule has 7 aliphatic rings. The van der Waals surface area contributed by atoms with Crippen LogP contribution in [0.1, 0.15) is 12.8 Å². The summed E-state index contributed by atoms with van der Waals surface area (Å²) in [6.45, 7) is 1.45. The van der Waals surface area contributed by atoms with E-state index in [4.69, 9.17) is 0 Å². The standard InChI is InChI=1S/C14H20N2O4/c1-15-5-7-8-6-16(2)10-4-13(8,11(17)18)9(15)3-14(7,10)12(19)20/h7-10H,3-6H2,1-2H3,(H,17,18)(H,19,20)/t7?,8?,9-,10+,13-,14+. The normalized spacial score (nSPS) is 53.5. The molecule has 0 spiro atoms. The molecule has 0 amide bonds. The summed E-state index contributed by atoms with van der Waals surface area (Å²) < 4.78 is 0. The van der Waals surface area contributed by atoms with E-state index in [1.807, 2.05) is 14.1 Å². The number of aliphatic carboxylic acids is 2. The van der Waals surface area contributed by atoms with Crippen LogP contribution in [0.2, 0.25) is 0 Å². The molecule has 0 aromatic carbocycles. The van der Waals surface area contributed by atoms with Crippen LogP contribution in [-0.2, 0) is 9.59 Å². The van der Waals surface area contributed by atoms with Crippen molar-refractivity contribution < 1.29 is 19.8 Å². The molecule has 20 heavy (non-hydrogen) atoms. The Kier molecular flexibility index (Phi) is 2.12.